The lowest BCUT2D eigenvalue weighted by atomic mass is 9.99. The number of ether oxygens (including phenoxy) is 1. The fourth-order valence-corrected chi connectivity index (χ4v) is 4.85. The molecule has 0 unspecified atom stereocenters. The topological polar surface area (TPSA) is 123 Å². The molecule has 0 bridgehead atoms. The Labute approximate surface area is 240 Å². The number of benzene rings is 3. The van der Waals surface area contributed by atoms with Gasteiger partial charge in [0, 0.05) is 36.6 Å². The van der Waals surface area contributed by atoms with Crippen LogP contribution in [-0.2, 0) is 0 Å². The molecular weight excluding hydrogens is 522 g/mol. The van der Waals surface area contributed by atoms with E-state index in [1.165, 1.54) is 0 Å². The summed E-state index contributed by atoms with van der Waals surface area (Å²) >= 11 is 0. The van der Waals surface area contributed by atoms with Crippen molar-refractivity contribution in [3.05, 3.63) is 66.2 Å². The van der Waals surface area contributed by atoms with Gasteiger partial charge < -0.3 is 35.6 Å². The van der Waals surface area contributed by atoms with E-state index in [0.717, 1.165) is 10.8 Å². The third-order valence-electron chi connectivity index (χ3n) is 7.17. The molecule has 0 radical (unpaired) electrons. The number of fused-ring (bicyclic) bond motifs is 2. The molecule has 10 heteroatoms. The van der Waals surface area contributed by atoms with E-state index in [4.69, 9.17) is 4.74 Å². The third kappa shape index (κ3) is 7.07. The molecule has 3 atom stereocenters. The Bertz CT molecular complexity index is 1410. The lowest BCUT2D eigenvalue weighted by Gasteiger charge is -2.38. The molecule has 3 aromatic carbocycles. The number of aliphatic hydroxyl groups excluding tert-OH is 1. The van der Waals surface area contributed by atoms with E-state index in [0.29, 0.717) is 23.7 Å². The lowest BCUT2D eigenvalue weighted by molar-refractivity contribution is 0.0371. The Morgan fingerprint density at radius 2 is 1.80 bits per heavy atom. The van der Waals surface area contributed by atoms with E-state index in [2.05, 4.69) is 16.0 Å². The van der Waals surface area contributed by atoms with E-state index in [9.17, 15) is 19.5 Å². The van der Waals surface area contributed by atoms with Crippen molar-refractivity contribution in [3.63, 3.8) is 0 Å². The van der Waals surface area contributed by atoms with Crippen molar-refractivity contribution < 1.29 is 24.2 Å². The molecule has 41 heavy (non-hydrogen) atoms. The van der Waals surface area contributed by atoms with Crippen molar-refractivity contribution in [2.45, 2.75) is 45.9 Å². The number of rotatable bonds is 7. The zero-order valence-corrected chi connectivity index (χ0v) is 24.2. The molecule has 4 N–H and O–H groups in total. The zero-order chi connectivity index (χ0) is 29.7. The summed E-state index contributed by atoms with van der Waals surface area (Å²) in [7, 11) is 1.70. The largest absolute Gasteiger partial charge is 0.487 e. The molecule has 0 saturated heterocycles. The first-order valence-corrected chi connectivity index (χ1v) is 13.9. The van der Waals surface area contributed by atoms with Crippen LogP contribution < -0.4 is 20.7 Å². The summed E-state index contributed by atoms with van der Waals surface area (Å²) in [6, 6.07) is 17.4. The maximum atomic E-state index is 13.6. The smallest absolute Gasteiger partial charge is 0.321 e. The van der Waals surface area contributed by atoms with Gasteiger partial charge >= 0.3 is 12.1 Å². The van der Waals surface area contributed by atoms with Crippen molar-refractivity contribution in [2.75, 3.05) is 37.4 Å². The standard InChI is InChI=1S/C31H39N5O5/c1-19(2)32-30(39)33-23-13-14-27-25(15-23)29(38)36(21(4)18-37)16-20(3)28(41-27)17-35(5)31(40)34-26-12-8-10-22-9-6-7-11-24(22)26/h6-15,19-21,28,37H,16-18H2,1-5H3,(H,34,40)(H2,32,33,39)/t20-,21-,28-/m0/s1. The Morgan fingerprint density at radius 1 is 1.07 bits per heavy atom. The lowest BCUT2D eigenvalue weighted by Crippen LogP contribution is -2.50. The van der Waals surface area contributed by atoms with Gasteiger partial charge in [0.2, 0.25) is 0 Å². The fourth-order valence-electron chi connectivity index (χ4n) is 4.85. The van der Waals surface area contributed by atoms with Crippen molar-refractivity contribution in [3.8, 4) is 5.75 Å². The molecule has 1 heterocycles. The highest BCUT2D eigenvalue weighted by atomic mass is 16.5. The minimum absolute atomic E-state index is 0.0535. The van der Waals surface area contributed by atoms with Crippen LogP contribution in [0.5, 0.6) is 5.75 Å². The SMILES string of the molecule is CC(C)NC(=O)Nc1ccc2c(c1)C(=O)N([C@@H](C)CO)C[C@H](C)[C@H](CN(C)C(=O)Nc1cccc3ccccc13)O2. The normalized spacial score (nSPS) is 17.6. The van der Waals surface area contributed by atoms with Crippen molar-refractivity contribution in [2.24, 2.45) is 5.92 Å². The van der Waals surface area contributed by atoms with Crippen LogP contribution in [0.1, 0.15) is 38.1 Å². The van der Waals surface area contributed by atoms with Gasteiger partial charge in [-0.2, -0.15) is 0 Å². The summed E-state index contributed by atoms with van der Waals surface area (Å²) in [5.74, 6) is -0.121. The molecule has 218 valence electrons. The van der Waals surface area contributed by atoms with E-state index in [1.54, 1.807) is 42.0 Å². The van der Waals surface area contributed by atoms with Gasteiger partial charge in [0.25, 0.3) is 5.91 Å². The Morgan fingerprint density at radius 3 is 2.54 bits per heavy atom. The van der Waals surface area contributed by atoms with Crippen LogP contribution in [0.3, 0.4) is 0 Å². The molecule has 0 aromatic heterocycles. The highest BCUT2D eigenvalue weighted by Gasteiger charge is 2.34. The molecular formula is C31H39N5O5. The minimum Gasteiger partial charge on any atom is -0.487 e. The predicted molar refractivity (Wildman–Crippen MR) is 160 cm³/mol. The summed E-state index contributed by atoms with van der Waals surface area (Å²) in [6.45, 7) is 7.81. The van der Waals surface area contributed by atoms with Crippen molar-refractivity contribution >= 4 is 40.1 Å². The number of carbonyl (C=O) groups excluding carboxylic acids is 3. The highest BCUT2D eigenvalue weighted by Crippen LogP contribution is 2.31. The number of urea groups is 2. The van der Waals surface area contributed by atoms with E-state index in [1.807, 2.05) is 63.2 Å². The van der Waals surface area contributed by atoms with Crippen LogP contribution in [0.2, 0.25) is 0 Å². The van der Waals surface area contributed by atoms with Gasteiger partial charge in [-0.15, -0.1) is 0 Å². The molecule has 1 aliphatic heterocycles. The number of amides is 5. The van der Waals surface area contributed by atoms with Crippen LogP contribution in [0.15, 0.2) is 60.7 Å². The van der Waals surface area contributed by atoms with Crippen LogP contribution >= 0.6 is 0 Å². The first-order chi connectivity index (χ1) is 19.6. The summed E-state index contributed by atoms with van der Waals surface area (Å²) < 4.78 is 6.39. The van der Waals surface area contributed by atoms with Crippen molar-refractivity contribution in [1.82, 2.24) is 15.1 Å². The number of nitrogens with one attached hydrogen (secondary N) is 3. The summed E-state index contributed by atoms with van der Waals surface area (Å²) in [5.41, 5.74) is 1.42. The molecule has 0 aliphatic carbocycles. The van der Waals surface area contributed by atoms with Gasteiger partial charge in [-0.3, -0.25) is 4.79 Å². The molecule has 3 aromatic rings. The van der Waals surface area contributed by atoms with Gasteiger partial charge in [-0.1, -0.05) is 43.3 Å². The van der Waals surface area contributed by atoms with Gasteiger partial charge in [0.05, 0.1) is 30.4 Å². The minimum atomic E-state index is -0.457. The van der Waals surface area contributed by atoms with E-state index >= 15 is 0 Å². The first-order valence-electron chi connectivity index (χ1n) is 13.9. The molecule has 0 saturated carbocycles. The predicted octanol–water partition coefficient (Wildman–Crippen LogP) is 4.75. The number of hydrogen-bond donors (Lipinski definition) is 4. The molecule has 10 nitrogen and oxygen atoms in total. The zero-order valence-electron chi connectivity index (χ0n) is 24.2. The Hall–Kier alpha value is -4.31. The first kappa shape index (κ1) is 29.7. The van der Waals surface area contributed by atoms with Crippen LogP contribution in [0, 0.1) is 5.92 Å². The Kier molecular flexibility index (Phi) is 9.34. The van der Waals surface area contributed by atoms with Crippen LogP contribution in [0.4, 0.5) is 21.0 Å². The molecule has 0 fully saturated rings. The Balaban J connectivity index is 1.57. The van der Waals surface area contributed by atoms with Crippen LogP contribution in [-0.4, -0.2) is 77.8 Å². The summed E-state index contributed by atoms with van der Waals surface area (Å²) in [4.78, 5) is 42.3. The van der Waals surface area contributed by atoms with E-state index < -0.39 is 12.1 Å². The molecule has 1 aliphatic rings. The quantitative estimate of drug-likeness (QED) is 0.331. The second-order valence-electron chi connectivity index (χ2n) is 10.9. The van der Waals surface area contributed by atoms with Gasteiger partial charge in [-0.25, -0.2) is 9.59 Å². The van der Waals surface area contributed by atoms with Gasteiger partial charge in [0.1, 0.15) is 11.9 Å². The van der Waals surface area contributed by atoms with Crippen molar-refractivity contribution in [1.29, 1.82) is 0 Å². The third-order valence-corrected chi connectivity index (χ3v) is 7.17. The monoisotopic (exact) mass is 561 g/mol. The van der Waals surface area contributed by atoms with Crippen LogP contribution in [0.25, 0.3) is 10.8 Å². The van der Waals surface area contributed by atoms with E-state index in [-0.39, 0.29) is 48.6 Å². The van der Waals surface area contributed by atoms with Gasteiger partial charge in [-0.05, 0) is 50.4 Å². The van der Waals surface area contributed by atoms with Gasteiger partial charge in [0.15, 0.2) is 0 Å². The number of carbonyl (C=O) groups is 3. The average Bonchev–Trinajstić information content (AvgIpc) is 2.94. The molecule has 5 amide bonds. The second kappa shape index (κ2) is 12.9. The molecule has 0 spiro atoms. The number of nitrogens with zero attached hydrogens (tertiary/aromatic N) is 2. The highest BCUT2D eigenvalue weighted by molar-refractivity contribution is 6.02. The number of likely N-dealkylation sites (N-methyl/N-ethyl adjacent to an activating group) is 1. The summed E-state index contributed by atoms with van der Waals surface area (Å²) in [5, 5.41) is 20.4. The number of aliphatic hydroxyl groups is 1. The number of anilines is 2. The fraction of sp³-hybridized carbons (Fsp3) is 0.387. The summed E-state index contributed by atoms with van der Waals surface area (Å²) in [6.07, 6.45) is -0.457. The maximum Gasteiger partial charge on any atom is 0.321 e. The molecule has 4 rings (SSSR count). The second-order valence-corrected chi connectivity index (χ2v) is 10.9. The average molecular weight is 562 g/mol. The maximum absolute atomic E-state index is 13.6. The number of hydrogen-bond acceptors (Lipinski definition) is 5.